The van der Waals surface area contributed by atoms with Gasteiger partial charge in [0.1, 0.15) is 5.25 Å². The second-order valence-corrected chi connectivity index (χ2v) is 9.11. The van der Waals surface area contributed by atoms with Crippen LogP contribution in [0, 0.1) is 0 Å². The molecule has 0 bridgehead atoms. The lowest BCUT2D eigenvalue weighted by atomic mass is 10.2. The standard InChI is InChI=1S/C23H27N5O2S/c1-27(2)18-9-5-17(6-10-18)25-23-26-22(30)20(31-23)15-21(29)24-16-7-11-19(12-8-16)28-13-3-4-14-28/h5-12,20H,3-4,13-15H2,1-2H3,(H,24,29)(H,25,26,30). The number of carbonyl (C=O) groups is 2. The summed E-state index contributed by atoms with van der Waals surface area (Å²) in [4.78, 5) is 33.6. The summed E-state index contributed by atoms with van der Waals surface area (Å²) in [6.07, 6.45) is 2.56. The minimum absolute atomic E-state index is 0.100. The summed E-state index contributed by atoms with van der Waals surface area (Å²) >= 11 is 1.29. The number of aliphatic imine (C=N–C) groups is 1. The highest BCUT2D eigenvalue weighted by Gasteiger charge is 2.32. The Kier molecular flexibility index (Phi) is 6.46. The van der Waals surface area contributed by atoms with Crippen LogP contribution in [0.4, 0.5) is 22.7 Å². The predicted molar refractivity (Wildman–Crippen MR) is 129 cm³/mol. The summed E-state index contributed by atoms with van der Waals surface area (Å²) in [5, 5.41) is 5.71. The summed E-state index contributed by atoms with van der Waals surface area (Å²) in [6.45, 7) is 2.17. The third-order valence-corrected chi connectivity index (χ3v) is 6.45. The Bertz CT molecular complexity index is 966. The maximum atomic E-state index is 12.5. The van der Waals surface area contributed by atoms with Gasteiger partial charge in [-0.2, -0.15) is 0 Å². The smallest absolute Gasteiger partial charge is 0.240 e. The molecule has 0 aliphatic carbocycles. The van der Waals surface area contributed by atoms with E-state index in [2.05, 4.69) is 20.5 Å². The molecule has 1 atom stereocenters. The Balaban J connectivity index is 1.31. The number of amidine groups is 1. The molecule has 4 rings (SSSR count). The van der Waals surface area contributed by atoms with Crippen molar-refractivity contribution in [2.24, 2.45) is 4.99 Å². The molecule has 2 heterocycles. The van der Waals surface area contributed by atoms with E-state index in [0.717, 1.165) is 30.2 Å². The lowest BCUT2D eigenvalue weighted by molar-refractivity contribution is -0.122. The SMILES string of the molecule is CN(C)c1ccc(N=C2NC(=O)C(CC(=O)Nc3ccc(N4CCCC4)cc3)S2)cc1. The van der Waals surface area contributed by atoms with E-state index < -0.39 is 5.25 Å². The molecule has 2 N–H and O–H groups in total. The summed E-state index contributed by atoms with van der Waals surface area (Å²) in [6, 6.07) is 15.6. The van der Waals surface area contributed by atoms with Crippen LogP contribution in [0.3, 0.4) is 0 Å². The molecule has 0 radical (unpaired) electrons. The van der Waals surface area contributed by atoms with Crippen LogP contribution in [0.15, 0.2) is 53.5 Å². The van der Waals surface area contributed by atoms with Crippen molar-refractivity contribution in [3.05, 3.63) is 48.5 Å². The molecular weight excluding hydrogens is 410 g/mol. The largest absolute Gasteiger partial charge is 0.378 e. The average Bonchev–Trinajstić information content (AvgIpc) is 3.39. The van der Waals surface area contributed by atoms with Crippen LogP contribution >= 0.6 is 11.8 Å². The number of amides is 2. The highest BCUT2D eigenvalue weighted by atomic mass is 32.2. The number of benzene rings is 2. The normalized spacial score (nSPS) is 19.5. The summed E-state index contributed by atoms with van der Waals surface area (Å²) in [5.74, 6) is -0.369. The van der Waals surface area contributed by atoms with Crippen molar-refractivity contribution in [2.75, 3.05) is 42.3 Å². The highest BCUT2D eigenvalue weighted by Crippen LogP contribution is 2.27. The van der Waals surface area contributed by atoms with Gasteiger partial charge in [0.2, 0.25) is 11.8 Å². The predicted octanol–water partition coefficient (Wildman–Crippen LogP) is 3.60. The molecule has 0 saturated carbocycles. The fraction of sp³-hybridized carbons (Fsp3) is 0.348. The molecule has 2 aromatic carbocycles. The molecule has 7 nitrogen and oxygen atoms in total. The minimum atomic E-state index is -0.483. The molecule has 31 heavy (non-hydrogen) atoms. The fourth-order valence-electron chi connectivity index (χ4n) is 3.65. The van der Waals surface area contributed by atoms with Crippen LogP contribution in [0.5, 0.6) is 0 Å². The van der Waals surface area contributed by atoms with Gasteiger partial charge in [-0.15, -0.1) is 0 Å². The number of anilines is 3. The molecule has 8 heteroatoms. The molecule has 0 aromatic heterocycles. The van der Waals surface area contributed by atoms with Crippen LogP contribution < -0.4 is 20.4 Å². The van der Waals surface area contributed by atoms with Gasteiger partial charge in [0.25, 0.3) is 0 Å². The Morgan fingerprint density at radius 3 is 2.45 bits per heavy atom. The maximum Gasteiger partial charge on any atom is 0.240 e. The van der Waals surface area contributed by atoms with Gasteiger partial charge in [0.05, 0.1) is 5.69 Å². The third kappa shape index (κ3) is 5.38. The molecular formula is C23H27N5O2S. The zero-order valence-corrected chi connectivity index (χ0v) is 18.6. The van der Waals surface area contributed by atoms with Crippen LogP contribution in [-0.2, 0) is 9.59 Å². The number of hydrogen-bond donors (Lipinski definition) is 2. The van der Waals surface area contributed by atoms with Crippen LogP contribution in [0.1, 0.15) is 19.3 Å². The lowest BCUT2D eigenvalue weighted by Crippen LogP contribution is -2.28. The number of thioether (sulfide) groups is 1. The topological polar surface area (TPSA) is 77.0 Å². The van der Waals surface area contributed by atoms with Crippen LogP contribution in [0.2, 0.25) is 0 Å². The Morgan fingerprint density at radius 2 is 1.81 bits per heavy atom. The van der Waals surface area contributed by atoms with Crippen molar-refractivity contribution < 1.29 is 9.59 Å². The van der Waals surface area contributed by atoms with Crippen LogP contribution in [-0.4, -0.2) is 49.4 Å². The average molecular weight is 438 g/mol. The first-order chi connectivity index (χ1) is 15.0. The number of nitrogens with zero attached hydrogens (tertiary/aromatic N) is 3. The zero-order valence-electron chi connectivity index (χ0n) is 17.8. The summed E-state index contributed by atoms with van der Waals surface area (Å²) < 4.78 is 0. The minimum Gasteiger partial charge on any atom is -0.378 e. The van der Waals surface area contributed by atoms with Crippen molar-refractivity contribution in [1.29, 1.82) is 0 Å². The van der Waals surface area contributed by atoms with E-state index in [1.54, 1.807) is 0 Å². The van der Waals surface area contributed by atoms with Gasteiger partial charge in [-0.25, -0.2) is 4.99 Å². The van der Waals surface area contributed by atoms with Gasteiger partial charge in [0.15, 0.2) is 5.17 Å². The molecule has 0 spiro atoms. The van der Waals surface area contributed by atoms with E-state index in [1.807, 2.05) is 67.5 Å². The first kappa shape index (κ1) is 21.2. The number of rotatable bonds is 6. The fourth-order valence-corrected chi connectivity index (χ4v) is 4.63. The molecule has 2 aromatic rings. The number of hydrogen-bond acceptors (Lipinski definition) is 6. The first-order valence-electron chi connectivity index (χ1n) is 10.5. The van der Waals surface area contributed by atoms with E-state index in [4.69, 9.17) is 0 Å². The van der Waals surface area contributed by atoms with E-state index in [0.29, 0.717) is 5.17 Å². The second kappa shape index (κ2) is 9.43. The summed E-state index contributed by atoms with van der Waals surface area (Å²) in [7, 11) is 3.96. The van der Waals surface area contributed by atoms with E-state index in [-0.39, 0.29) is 18.2 Å². The monoisotopic (exact) mass is 437 g/mol. The van der Waals surface area contributed by atoms with Gasteiger partial charge < -0.3 is 20.4 Å². The number of carbonyl (C=O) groups excluding carboxylic acids is 2. The molecule has 162 valence electrons. The van der Waals surface area contributed by atoms with E-state index >= 15 is 0 Å². The van der Waals surface area contributed by atoms with Crippen molar-refractivity contribution in [3.63, 3.8) is 0 Å². The quantitative estimate of drug-likeness (QED) is 0.722. The Hall–Kier alpha value is -3.00. The molecule has 2 fully saturated rings. The number of nitrogens with one attached hydrogen (secondary N) is 2. The highest BCUT2D eigenvalue weighted by molar-refractivity contribution is 8.15. The maximum absolute atomic E-state index is 12.5. The van der Waals surface area contributed by atoms with Gasteiger partial charge in [-0.05, 0) is 61.4 Å². The molecule has 2 aliphatic heterocycles. The van der Waals surface area contributed by atoms with Gasteiger partial charge in [-0.1, -0.05) is 11.8 Å². The molecule has 1 unspecified atom stereocenters. The van der Waals surface area contributed by atoms with Crippen LogP contribution in [0.25, 0.3) is 0 Å². The summed E-state index contributed by atoms with van der Waals surface area (Å²) in [5.41, 5.74) is 3.76. The van der Waals surface area contributed by atoms with E-state index in [9.17, 15) is 9.59 Å². The van der Waals surface area contributed by atoms with Gasteiger partial charge >= 0.3 is 0 Å². The Labute approximate surface area is 186 Å². The van der Waals surface area contributed by atoms with Crippen molar-refractivity contribution >= 4 is 51.5 Å². The lowest BCUT2D eigenvalue weighted by Gasteiger charge is -2.17. The van der Waals surface area contributed by atoms with E-state index in [1.165, 1.54) is 30.3 Å². The van der Waals surface area contributed by atoms with Crippen molar-refractivity contribution in [1.82, 2.24) is 5.32 Å². The van der Waals surface area contributed by atoms with Gasteiger partial charge in [0, 0.05) is 50.7 Å². The van der Waals surface area contributed by atoms with Gasteiger partial charge in [-0.3, -0.25) is 9.59 Å². The van der Waals surface area contributed by atoms with Crippen molar-refractivity contribution in [3.8, 4) is 0 Å². The molecule has 2 aliphatic rings. The zero-order chi connectivity index (χ0) is 21.8. The first-order valence-corrected chi connectivity index (χ1v) is 11.3. The Morgan fingerprint density at radius 1 is 1.13 bits per heavy atom. The molecule has 2 amide bonds. The third-order valence-electron chi connectivity index (χ3n) is 5.37. The van der Waals surface area contributed by atoms with Crippen molar-refractivity contribution in [2.45, 2.75) is 24.5 Å². The second-order valence-electron chi connectivity index (χ2n) is 7.92. The molecule has 2 saturated heterocycles.